The van der Waals surface area contributed by atoms with Gasteiger partial charge in [-0.25, -0.2) is 0 Å². The van der Waals surface area contributed by atoms with Crippen molar-refractivity contribution in [2.45, 2.75) is 46.2 Å². The molecule has 116 valence electrons. The van der Waals surface area contributed by atoms with E-state index in [2.05, 4.69) is 13.8 Å². The number of amides is 1. The highest BCUT2D eigenvalue weighted by molar-refractivity contribution is 5.79. The molecule has 0 aliphatic carbocycles. The summed E-state index contributed by atoms with van der Waals surface area (Å²) < 4.78 is 10.7. The lowest BCUT2D eigenvalue weighted by Gasteiger charge is -2.36. The normalized spacial score (nSPS) is 18.9. The van der Waals surface area contributed by atoms with Crippen LogP contribution in [0.5, 0.6) is 11.5 Å². The molecule has 2 rings (SSSR count). The van der Waals surface area contributed by atoms with E-state index in [9.17, 15) is 4.79 Å². The lowest BCUT2D eigenvalue weighted by atomic mass is 9.92. The van der Waals surface area contributed by atoms with E-state index in [1.807, 2.05) is 24.0 Å². The van der Waals surface area contributed by atoms with Crippen LogP contribution in [0.1, 0.15) is 38.3 Å². The van der Waals surface area contributed by atoms with Crippen LogP contribution in [0, 0.1) is 5.92 Å². The molecule has 21 heavy (non-hydrogen) atoms. The van der Waals surface area contributed by atoms with Gasteiger partial charge in [0.15, 0.2) is 11.5 Å². The van der Waals surface area contributed by atoms with Gasteiger partial charge in [-0.05, 0) is 43.0 Å². The summed E-state index contributed by atoms with van der Waals surface area (Å²) in [5.74, 6) is 1.80. The quantitative estimate of drug-likeness (QED) is 0.856. The fourth-order valence-corrected chi connectivity index (χ4v) is 2.82. The zero-order valence-corrected chi connectivity index (χ0v) is 13.6. The van der Waals surface area contributed by atoms with Crippen LogP contribution in [0.2, 0.25) is 0 Å². The van der Waals surface area contributed by atoms with E-state index in [-0.39, 0.29) is 17.9 Å². The first-order valence-corrected chi connectivity index (χ1v) is 7.56. The first-order valence-electron chi connectivity index (χ1n) is 7.56. The lowest BCUT2D eigenvalue weighted by molar-refractivity contribution is -0.138. The zero-order chi connectivity index (χ0) is 15.6. The van der Waals surface area contributed by atoms with E-state index in [4.69, 9.17) is 9.47 Å². The molecule has 2 unspecified atom stereocenters. The molecule has 4 nitrogen and oxygen atoms in total. The highest BCUT2D eigenvalue weighted by Crippen LogP contribution is 2.35. The molecule has 1 aliphatic rings. The predicted molar refractivity (Wildman–Crippen MR) is 82.7 cm³/mol. The van der Waals surface area contributed by atoms with Gasteiger partial charge in [0, 0.05) is 18.5 Å². The molecule has 0 spiro atoms. The number of hydrogen-bond donors (Lipinski definition) is 0. The Morgan fingerprint density at radius 2 is 1.86 bits per heavy atom. The number of fused-ring (bicyclic) bond motifs is 1. The molecule has 1 amide bonds. The molecule has 2 atom stereocenters. The van der Waals surface area contributed by atoms with E-state index in [1.54, 1.807) is 14.2 Å². The minimum absolute atomic E-state index is 0.0779. The zero-order valence-electron chi connectivity index (χ0n) is 13.6. The van der Waals surface area contributed by atoms with Gasteiger partial charge in [-0.1, -0.05) is 13.8 Å². The minimum Gasteiger partial charge on any atom is -0.493 e. The van der Waals surface area contributed by atoms with E-state index >= 15 is 0 Å². The second-order valence-electron chi connectivity index (χ2n) is 5.80. The van der Waals surface area contributed by atoms with E-state index in [0.717, 1.165) is 29.9 Å². The van der Waals surface area contributed by atoms with Crippen LogP contribution in [0.4, 0.5) is 0 Å². The third-order valence-electron chi connectivity index (χ3n) is 4.41. The second kappa shape index (κ2) is 6.37. The Morgan fingerprint density at radius 3 is 2.38 bits per heavy atom. The van der Waals surface area contributed by atoms with Gasteiger partial charge in [-0.2, -0.15) is 0 Å². The smallest absolute Gasteiger partial charge is 0.225 e. The number of carbonyl (C=O) groups excluding carboxylic acids is 1. The molecule has 0 N–H and O–H groups in total. The second-order valence-corrected chi connectivity index (χ2v) is 5.80. The number of nitrogens with zero attached hydrogens (tertiary/aromatic N) is 1. The summed E-state index contributed by atoms with van der Waals surface area (Å²) in [6.45, 7) is 6.82. The van der Waals surface area contributed by atoms with Crippen molar-refractivity contribution in [1.29, 1.82) is 0 Å². The number of benzene rings is 1. The Labute approximate surface area is 127 Å². The average molecular weight is 291 g/mol. The molecule has 1 aromatic carbocycles. The number of rotatable bonds is 4. The average Bonchev–Trinajstić information content (AvgIpc) is 2.51. The monoisotopic (exact) mass is 291 g/mol. The van der Waals surface area contributed by atoms with Crippen LogP contribution < -0.4 is 9.47 Å². The molecule has 1 heterocycles. The molecular weight excluding hydrogens is 266 g/mol. The van der Waals surface area contributed by atoms with Gasteiger partial charge >= 0.3 is 0 Å². The van der Waals surface area contributed by atoms with Gasteiger partial charge in [0.1, 0.15) is 0 Å². The molecule has 1 aromatic rings. The molecule has 0 aromatic heterocycles. The Morgan fingerprint density at radius 1 is 1.29 bits per heavy atom. The Kier molecular flexibility index (Phi) is 4.76. The first-order chi connectivity index (χ1) is 10.0. The molecule has 0 fully saturated rings. The summed E-state index contributed by atoms with van der Waals surface area (Å²) in [6.07, 6.45) is 1.73. The third kappa shape index (κ3) is 2.99. The van der Waals surface area contributed by atoms with Gasteiger partial charge in [0.2, 0.25) is 5.91 Å². The first kappa shape index (κ1) is 15.7. The van der Waals surface area contributed by atoms with Crippen molar-refractivity contribution in [2.24, 2.45) is 5.92 Å². The van der Waals surface area contributed by atoms with Gasteiger partial charge < -0.3 is 14.4 Å². The van der Waals surface area contributed by atoms with E-state index < -0.39 is 0 Å². The van der Waals surface area contributed by atoms with Crippen molar-refractivity contribution in [1.82, 2.24) is 4.90 Å². The minimum atomic E-state index is 0.0779. The number of methoxy groups -OCH3 is 2. The van der Waals surface area contributed by atoms with E-state index in [1.165, 1.54) is 5.56 Å². The van der Waals surface area contributed by atoms with Gasteiger partial charge in [-0.15, -0.1) is 0 Å². The SMILES string of the molecule is CCC(C)C(=O)N1Cc2cc(OC)c(OC)cc2CC1C. The van der Waals surface area contributed by atoms with Crippen molar-refractivity contribution in [3.63, 3.8) is 0 Å². The van der Waals surface area contributed by atoms with Crippen molar-refractivity contribution in [3.8, 4) is 11.5 Å². The molecule has 0 saturated carbocycles. The van der Waals surface area contributed by atoms with Crippen LogP contribution in [0.15, 0.2) is 12.1 Å². The van der Waals surface area contributed by atoms with Crippen molar-refractivity contribution >= 4 is 5.91 Å². The van der Waals surface area contributed by atoms with Crippen molar-refractivity contribution in [2.75, 3.05) is 14.2 Å². The van der Waals surface area contributed by atoms with Gasteiger partial charge in [0.05, 0.1) is 14.2 Å². The summed E-state index contributed by atoms with van der Waals surface area (Å²) >= 11 is 0. The van der Waals surface area contributed by atoms with Crippen LogP contribution in [-0.2, 0) is 17.8 Å². The standard InChI is InChI=1S/C17H25NO3/c1-6-11(2)17(19)18-10-14-9-16(21-5)15(20-4)8-13(14)7-12(18)3/h8-9,11-12H,6-7,10H2,1-5H3. The molecule has 0 bridgehead atoms. The fourth-order valence-electron chi connectivity index (χ4n) is 2.82. The molecule has 1 aliphatic heterocycles. The molecule has 0 radical (unpaired) electrons. The fraction of sp³-hybridized carbons (Fsp3) is 0.588. The third-order valence-corrected chi connectivity index (χ3v) is 4.41. The summed E-state index contributed by atoms with van der Waals surface area (Å²) in [5.41, 5.74) is 2.40. The van der Waals surface area contributed by atoms with Crippen LogP contribution >= 0.6 is 0 Å². The Balaban J connectivity index is 2.31. The molecule has 0 saturated heterocycles. The van der Waals surface area contributed by atoms with Gasteiger partial charge in [-0.3, -0.25) is 4.79 Å². The highest BCUT2D eigenvalue weighted by Gasteiger charge is 2.29. The van der Waals surface area contributed by atoms with Crippen molar-refractivity contribution < 1.29 is 14.3 Å². The predicted octanol–water partition coefficient (Wildman–Crippen LogP) is 3.02. The maximum Gasteiger partial charge on any atom is 0.225 e. The molecular formula is C17H25NO3. The van der Waals surface area contributed by atoms with E-state index in [0.29, 0.717) is 6.54 Å². The summed E-state index contributed by atoms with van der Waals surface area (Å²) in [4.78, 5) is 14.5. The maximum absolute atomic E-state index is 12.5. The summed E-state index contributed by atoms with van der Waals surface area (Å²) in [7, 11) is 3.28. The molecule has 4 heteroatoms. The summed E-state index contributed by atoms with van der Waals surface area (Å²) in [5, 5.41) is 0. The Hall–Kier alpha value is -1.71. The topological polar surface area (TPSA) is 38.8 Å². The largest absolute Gasteiger partial charge is 0.493 e. The van der Waals surface area contributed by atoms with Crippen LogP contribution in [-0.4, -0.2) is 31.1 Å². The number of hydrogen-bond acceptors (Lipinski definition) is 3. The van der Waals surface area contributed by atoms with Crippen LogP contribution in [0.25, 0.3) is 0 Å². The Bertz CT molecular complexity index is 527. The van der Waals surface area contributed by atoms with Crippen molar-refractivity contribution in [3.05, 3.63) is 23.3 Å². The lowest BCUT2D eigenvalue weighted by Crippen LogP contribution is -2.44. The highest BCUT2D eigenvalue weighted by atomic mass is 16.5. The number of ether oxygens (including phenoxy) is 2. The van der Waals surface area contributed by atoms with Gasteiger partial charge in [0.25, 0.3) is 0 Å². The maximum atomic E-state index is 12.5. The number of carbonyl (C=O) groups is 1. The van der Waals surface area contributed by atoms with Crippen LogP contribution in [0.3, 0.4) is 0 Å². The summed E-state index contributed by atoms with van der Waals surface area (Å²) in [6, 6.07) is 4.25.